The number of anilines is 1. The second-order valence-corrected chi connectivity index (χ2v) is 8.75. The van der Waals surface area contributed by atoms with Crippen LogP contribution in [0.4, 0.5) is 5.82 Å². The van der Waals surface area contributed by atoms with E-state index >= 15 is 0 Å². The molecule has 0 saturated heterocycles. The van der Waals surface area contributed by atoms with Gasteiger partial charge < -0.3 is 14.6 Å². The van der Waals surface area contributed by atoms with Gasteiger partial charge in [0, 0.05) is 12.6 Å². The Labute approximate surface area is 166 Å². The van der Waals surface area contributed by atoms with E-state index in [0.717, 1.165) is 23.8 Å². The molecule has 0 radical (unpaired) electrons. The first kappa shape index (κ1) is 19.2. The summed E-state index contributed by atoms with van der Waals surface area (Å²) in [6.45, 7) is 5.54. The highest BCUT2D eigenvalue weighted by molar-refractivity contribution is 5.92. The van der Waals surface area contributed by atoms with Gasteiger partial charge in [-0.1, -0.05) is 26.2 Å². The second-order valence-electron chi connectivity index (χ2n) is 8.75. The number of aromatic nitrogens is 4. The highest BCUT2D eigenvalue weighted by atomic mass is 16.5. The zero-order valence-electron chi connectivity index (χ0n) is 17.2. The van der Waals surface area contributed by atoms with Crippen LogP contribution in [0, 0.1) is 23.2 Å². The number of fused-ring (bicyclic) bond motifs is 1. The monoisotopic (exact) mass is 384 g/mol. The smallest absolute Gasteiger partial charge is 0.252 e. The Hall–Kier alpha value is -2.18. The van der Waals surface area contributed by atoms with Gasteiger partial charge in [0.25, 0.3) is 5.90 Å². The van der Waals surface area contributed by atoms with E-state index in [1.165, 1.54) is 52.1 Å². The van der Waals surface area contributed by atoms with Gasteiger partial charge in [-0.25, -0.2) is 15.0 Å². The number of nitrogens with zero attached hydrogens (tertiary/aromatic N) is 4. The van der Waals surface area contributed by atoms with Crippen LogP contribution in [-0.2, 0) is 11.3 Å². The molecule has 2 aliphatic rings. The Kier molecular flexibility index (Phi) is 5.51. The molecule has 0 aliphatic heterocycles. The van der Waals surface area contributed by atoms with Gasteiger partial charge in [0.05, 0.1) is 13.4 Å². The van der Waals surface area contributed by atoms with Crippen LogP contribution < -0.4 is 5.32 Å². The largest absolute Gasteiger partial charge is 0.479 e. The van der Waals surface area contributed by atoms with E-state index in [4.69, 9.17) is 10.1 Å². The Morgan fingerprint density at radius 1 is 1.25 bits per heavy atom. The van der Waals surface area contributed by atoms with Gasteiger partial charge in [0.1, 0.15) is 5.52 Å². The van der Waals surface area contributed by atoms with Crippen molar-refractivity contribution in [2.75, 3.05) is 12.4 Å². The van der Waals surface area contributed by atoms with Crippen LogP contribution in [0.25, 0.3) is 11.2 Å². The van der Waals surface area contributed by atoms with Gasteiger partial charge in [-0.3, -0.25) is 5.41 Å². The number of methoxy groups -OCH3 is 1. The predicted octanol–water partition coefficient (Wildman–Crippen LogP) is 4.22. The van der Waals surface area contributed by atoms with Crippen molar-refractivity contribution >= 4 is 22.9 Å². The van der Waals surface area contributed by atoms with Crippen molar-refractivity contribution < 1.29 is 4.74 Å². The fourth-order valence-corrected chi connectivity index (χ4v) is 4.47. The Morgan fingerprint density at radius 2 is 2.00 bits per heavy atom. The fourth-order valence-electron chi connectivity index (χ4n) is 4.47. The first-order valence-electron chi connectivity index (χ1n) is 10.7. The minimum atomic E-state index is -0.0305. The average molecular weight is 385 g/mol. The van der Waals surface area contributed by atoms with Gasteiger partial charge in [0.15, 0.2) is 11.5 Å². The van der Waals surface area contributed by atoms with Crippen LogP contribution >= 0.6 is 0 Å². The van der Waals surface area contributed by atoms with Gasteiger partial charge in [-0.2, -0.15) is 0 Å². The van der Waals surface area contributed by atoms with Crippen molar-refractivity contribution in [3.8, 4) is 0 Å². The quantitative estimate of drug-likeness (QED) is 0.575. The van der Waals surface area contributed by atoms with Crippen molar-refractivity contribution in [1.29, 1.82) is 5.41 Å². The lowest BCUT2D eigenvalue weighted by Gasteiger charge is -2.32. The summed E-state index contributed by atoms with van der Waals surface area (Å²) in [6, 6.07) is 0.343. The highest BCUT2D eigenvalue weighted by Crippen LogP contribution is 2.33. The number of rotatable bonds is 6. The van der Waals surface area contributed by atoms with E-state index in [9.17, 15) is 0 Å². The normalized spacial score (nSPS) is 24.0. The molecule has 0 bridgehead atoms. The number of imidazole rings is 1. The number of hydrogen-bond donors (Lipinski definition) is 2. The molecule has 0 aromatic carbocycles. The molecule has 28 heavy (non-hydrogen) atoms. The molecule has 4 rings (SSSR count). The summed E-state index contributed by atoms with van der Waals surface area (Å²) in [6.07, 6.45) is 10.9. The summed E-state index contributed by atoms with van der Waals surface area (Å²) < 4.78 is 7.27. The molecule has 7 heteroatoms. The number of ether oxygens (including phenoxy) is 1. The molecule has 2 N–H and O–H groups in total. The maximum Gasteiger partial charge on any atom is 0.252 e. The van der Waals surface area contributed by atoms with Gasteiger partial charge in [0.2, 0.25) is 5.82 Å². The molecule has 152 valence electrons. The third-order valence-corrected chi connectivity index (χ3v) is 6.69. The molecule has 1 atom stereocenters. The molecule has 2 aromatic rings. The Balaban J connectivity index is 1.65. The van der Waals surface area contributed by atoms with Crippen molar-refractivity contribution in [1.82, 2.24) is 19.5 Å². The molecular weight excluding hydrogens is 352 g/mol. The Morgan fingerprint density at radius 3 is 2.64 bits per heavy atom. The highest BCUT2D eigenvalue weighted by Gasteiger charge is 2.26. The van der Waals surface area contributed by atoms with Crippen molar-refractivity contribution in [3.63, 3.8) is 0 Å². The lowest BCUT2D eigenvalue weighted by atomic mass is 9.80. The molecule has 2 fully saturated rings. The molecule has 2 heterocycles. The molecule has 7 nitrogen and oxygen atoms in total. The van der Waals surface area contributed by atoms with Crippen LogP contribution in [0.1, 0.15) is 64.6 Å². The third-order valence-electron chi connectivity index (χ3n) is 6.69. The zero-order chi connectivity index (χ0) is 19.7. The van der Waals surface area contributed by atoms with E-state index in [2.05, 4.69) is 38.7 Å². The lowest BCUT2D eigenvalue weighted by molar-refractivity contribution is 0.266. The van der Waals surface area contributed by atoms with Crippen LogP contribution in [0.5, 0.6) is 0 Å². The van der Waals surface area contributed by atoms with Crippen molar-refractivity contribution in [3.05, 3.63) is 12.2 Å². The summed E-state index contributed by atoms with van der Waals surface area (Å²) in [5.74, 6) is 3.26. The van der Waals surface area contributed by atoms with E-state index < -0.39 is 0 Å². The standard InChI is InChI=1S/C21H32N6O/c1-13-7-9-15(10-8-13)11-27-12-23-19-17(27)20(24-14(2)16-5-4-6-16)26-21(25-19)18(22)28-3/h12-16,22H,4-11H2,1-3H3,(H,24,25,26)/t13?,14-,15?/m1/s1. The SMILES string of the molecule is COC(=N)c1nc(N[C@H](C)C2CCC2)c2c(ncn2CC2CCC(C)CC2)n1. The summed E-state index contributed by atoms with van der Waals surface area (Å²) in [4.78, 5) is 13.7. The molecule has 2 aromatic heterocycles. The molecule has 2 saturated carbocycles. The van der Waals surface area contributed by atoms with Crippen molar-refractivity contribution in [2.24, 2.45) is 17.8 Å². The van der Waals surface area contributed by atoms with Gasteiger partial charge in [-0.15, -0.1) is 0 Å². The molecular formula is C21H32N6O. The first-order chi connectivity index (χ1) is 13.5. The average Bonchev–Trinajstić information content (AvgIpc) is 3.04. The van der Waals surface area contributed by atoms with Crippen LogP contribution in [0.15, 0.2) is 6.33 Å². The van der Waals surface area contributed by atoms with Gasteiger partial charge in [-0.05, 0) is 50.4 Å². The van der Waals surface area contributed by atoms with E-state index in [-0.39, 0.29) is 11.7 Å². The maximum absolute atomic E-state index is 7.99. The summed E-state index contributed by atoms with van der Waals surface area (Å²) in [5, 5.41) is 11.6. The minimum Gasteiger partial charge on any atom is -0.479 e. The second kappa shape index (κ2) is 8.05. The molecule has 0 amide bonds. The maximum atomic E-state index is 7.99. The van der Waals surface area contributed by atoms with E-state index in [0.29, 0.717) is 23.5 Å². The van der Waals surface area contributed by atoms with Crippen LogP contribution in [0.2, 0.25) is 0 Å². The predicted molar refractivity (Wildman–Crippen MR) is 111 cm³/mol. The van der Waals surface area contributed by atoms with Gasteiger partial charge >= 0.3 is 0 Å². The summed E-state index contributed by atoms with van der Waals surface area (Å²) in [5.41, 5.74) is 1.59. The first-order valence-corrected chi connectivity index (χ1v) is 10.7. The molecule has 2 aliphatic carbocycles. The number of hydrogen-bond acceptors (Lipinski definition) is 6. The zero-order valence-corrected chi connectivity index (χ0v) is 17.2. The topological polar surface area (TPSA) is 88.7 Å². The number of nitrogens with one attached hydrogen (secondary N) is 2. The summed E-state index contributed by atoms with van der Waals surface area (Å²) in [7, 11) is 1.47. The fraction of sp³-hybridized carbons (Fsp3) is 0.714. The molecule has 0 spiro atoms. The van der Waals surface area contributed by atoms with Crippen LogP contribution in [-0.4, -0.2) is 38.6 Å². The Bertz CT molecular complexity index is 835. The molecule has 0 unspecified atom stereocenters. The van der Waals surface area contributed by atoms with E-state index in [1.807, 2.05) is 6.33 Å². The lowest BCUT2D eigenvalue weighted by Crippen LogP contribution is -2.31. The van der Waals surface area contributed by atoms with E-state index in [1.54, 1.807) is 0 Å². The van der Waals surface area contributed by atoms with Crippen molar-refractivity contribution in [2.45, 2.75) is 71.4 Å². The third kappa shape index (κ3) is 3.84. The summed E-state index contributed by atoms with van der Waals surface area (Å²) >= 11 is 0. The van der Waals surface area contributed by atoms with Crippen LogP contribution in [0.3, 0.4) is 0 Å². The minimum absolute atomic E-state index is 0.0305.